The Kier molecular flexibility index (Phi) is 226. The lowest BCUT2D eigenvalue weighted by Crippen LogP contribution is -2.24. The number of nitrogens with zero attached hydrogens (tertiary/aromatic N) is 2. The Morgan fingerprint density at radius 2 is 0.512 bits per heavy atom. The number of nitrogens with one attached hydrogen (secondary N) is 6. The zero-order valence-corrected chi connectivity index (χ0v) is 97.0. The minimum absolute atomic E-state index is 0.250. The van der Waals surface area contributed by atoms with Gasteiger partial charge in [0, 0.05) is 52.0 Å². The number of rotatable bonds is 70. The van der Waals surface area contributed by atoms with Crippen LogP contribution in [0.3, 0.4) is 0 Å². The fourth-order valence-corrected chi connectivity index (χ4v) is 11.1. The van der Waals surface area contributed by atoms with E-state index in [0.29, 0.717) is 25.9 Å². The van der Waals surface area contributed by atoms with Crippen molar-refractivity contribution < 1.29 is 35.7 Å². The molecule has 0 amide bonds. The highest BCUT2D eigenvalue weighted by Gasteiger charge is 2.01. The molecule has 0 aliphatic heterocycles. The molecule has 13 N–H and O–H groups in total. The molecule has 0 aliphatic rings. The minimum atomic E-state index is 0.250. The predicted molar refractivity (Wildman–Crippen MR) is 599 cm³/mol. The zero-order valence-electron chi connectivity index (χ0n) is 97.0. The van der Waals surface area contributed by atoms with E-state index in [1.807, 2.05) is 14.1 Å². The van der Waals surface area contributed by atoms with Gasteiger partial charge in [0.1, 0.15) is 0 Å². The molecule has 0 spiro atoms. The number of unbranched alkanes of at least 4 members (excludes halogenated alkanes) is 24. The lowest BCUT2D eigenvalue weighted by atomic mass is 10.0. The first-order chi connectivity index (χ1) is 61.8. The summed E-state index contributed by atoms with van der Waals surface area (Å²) in [4.78, 5) is 4.17. The predicted octanol–water partition coefficient (Wildman–Crippen LogP) is 30.4. The lowest BCUT2D eigenvalue weighted by molar-refractivity contribution is 0.222. The van der Waals surface area contributed by atoms with Gasteiger partial charge in [0.15, 0.2) is 0 Å². The highest BCUT2D eigenvalue weighted by atomic mass is 16.3. The van der Waals surface area contributed by atoms with Crippen LogP contribution >= 0.6 is 0 Å². The molecule has 0 aromatic rings. The maximum Gasteiger partial charge on any atom is 0.0558 e. The van der Waals surface area contributed by atoms with Crippen molar-refractivity contribution in [2.75, 3.05) is 159 Å². The first-order valence-corrected chi connectivity index (χ1v) is 56.7. The van der Waals surface area contributed by atoms with E-state index in [1.165, 1.54) is 276 Å². The van der Waals surface area contributed by atoms with Gasteiger partial charge in [0.25, 0.3) is 0 Å². The molecule has 0 saturated heterocycles. The van der Waals surface area contributed by atoms with Crippen molar-refractivity contribution in [1.29, 1.82) is 0 Å². The van der Waals surface area contributed by atoms with Crippen LogP contribution in [0.2, 0.25) is 0 Å². The van der Waals surface area contributed by atoms with E-state index in [9.17, 15) is 0 Å². The van der Waals surface area contributed by atoms with Crippen LogP contribution in [0.5, 0.6) is 0 Å². The smallest absolute Gasteiger partial charge is 0.0558 e. The molecule has 129 heavy (non-hydrogen) atoms. The topological polar surface area (TPSA) is 220 Å². The van der Waals surface area contributed by atoms with Gasteiger partial charge in [-0.05, 0) is 205 Å². The van der Waals surface area contributed by atoms with Crippen LogP contribution in [-0.2, 0) is 0 Å². The highest BCUT2D eigenvalue weighted by molar-refractivity contribution is 4.57. The van der Waals surface area contributed by atoms with Gasteiger partial charge in [-0.2, -0.15) is 0 Å². The molecule has 0 aliphatic carbocycles. The van der Waals surface area contributed by atoms with Crippen molar-refractivity contribution in [3.05, 3.63) is 0 Å². The second-order valence-electron chi connectivity index (χ2n) is 38.0. The molecule has 4 unspecified atom stereocenters. The molecule has 0 heterocycles. The average molecular weight is 1860 g/mol. The second kappa shape index (κ2) is 176. The van der Waals surface area contributed by atoms with Gasteiger partial charge in [-0.25, -0.2) is 0 Å². The van der Waals surface area contributed by atoms with Crippen LogP contribution in [0.15, 0.2) is 0 Å². The molecule has 0 rings (SSSR count). The largest absolute Gasteiger partial charge is 0.396 e. The Hall–Kier alpha value is -0.600. The van der Waals surface area contributed by atoms with Crippen molar-refractivity contribution in [3.8, 4) is 0 Å². The highest BCUT2D eigenvalue weighted by Crippen LogP contribution is 2.15. The third kappa shape index (κ3) is 268. The molecular formula is C114H268N8O7. The molecule has 0 radical (unpaired) electrons. The van der Waals surface area contributed by atoms with Gasteiger partial charge in [-0.1, -0.05) is 466 Å². The van der Waals surface area contributed by atoms with Crippen molar-refractivity contribution >= 4 is 0 Å². The second-order valence-corrected chi connectivity index (χ2v) is 38.0. The van der Waals surface area contributed by atoms with Gasteiger partial charge >= 0.3 is 0 Å². The molecule has 15 nitrogen and oxygen atoms in total. The molecule has 15 heteroatoms. The van der Waals surface area contributed by atoms with Crippen molar-refractivity contribution in [2.24, 2.45) is 47.3 Å². The monoisotopic (exact) mass is 1860 g/mol. The Bertz CT molecular complexity index is 1480. The first-order valence-electron chi connectivity index (χ1n) is 56.7. The molecule has 0 aromatic heterocycles. The fourth-order valence-electron chi connectivity index (χ4n) is 11.1. The van der Waals surface area contributed by atoms with Crippen molar-refractivity contribution in [2.45, 2.75) is 543 Å². The average Bonchev–Trinajstić information content (AvgIpc) is 1.06. The lowest BCUT2D eigenvalue weighted by Gasteiger charge is -2.12. The quantitative estimate of drug-likeness (QED) is 0.0255. The van der Waals surface area contributed by atoms with E-state index in [0.717, 1.165) is 171 Å². The van der Waals surface area contributed by atoms with Crippen LogP contribution in [0, 0.1) is 47.3 Å². The first kappa shape index (κ1) is 165. The van der Waals surface area contributed by atoms with E-state index in [2.05, 4.69) is 277 Å². The summed E-state index contributed by atoms with van der Waals surface area (Å²) in [6, 6.07) is 0.699. The van der Waals surface area contributed by atoms with Gasteiger partial charge in [0.2, 0.25) is 0 Å². The fraction of sp³-hybridized carbons (Fsp3) is 1.00. The number of hydrogen-bond donors (Lipinski definition) is 13. The van der Waals surface area contributed by atoms with Gasteiger partial charge in [-0.15, -0.1) is 0 Å². The maximum atomic E-state index is 8.47. The molecule has 0 bridgehead atoms. The zero-order chi connectivity index (χ0) is 102. The Morgan fingerprint density at radius 3 is 0.806 bits per heavy atom. The van der Waals surface area contributed by atoms with E-state index in [4.69, 9.17) is 35.7 Å². The number of aliphatic hydroxyl groups excluding tert-OH is 7. The summed E-state index contributed by atoms with van der Waals surface area (Å²) in [7, 11) is 4.00. The summed E-state index contributed by atoms with van der Waals surface area (Å²) in [6.07, 6.45) is 61.8. The molecule has 0 aromatic carbocycles. The molecule has 0 saturated carbocycles. The molecular weight excluding hydrogens is 1590 g/mol. The van der Waals surface area contributed by atoms with Gasteiger partial charge < -0.3 is 77.4 Å². The Morgan fingerprint density at radius 1 is 0.202 bits per heavy atom. The SMILES string of the molecule is CCCC(C)C.CCCCC(C)CC.CCCCCC(C)C.CCCCCCC(C)CC.CCCCCCCC(C)C.CCCCCCCCCO.CCCCCCCO.CCCCCNCCO.CCCCCO.CCCN(C)CCO.CCCNCCO.CCN(C)CCO.CCNC(C)CC.CCNCC(C)C.CCNCCC(C)CC.CCNCCCC(C)C. The van der Waals surface area contributed by atoms with E-state index < -0.39 is 0 Å². The number of likely N-dealkylation sites (N-methyl/N-ethyl adjacent to an activating group) is 2. The Balaban J connectivity index is -0.0000000756. The van der Waals surface area contributed by atoms with E-state index in [-0.39, 0.29) is 26.4 Å². The summed E-state index contributed by atoms with van der Waals surface area (Å²) >= 11 is 0. The maximum absolute atomic E-state index is 8.47. The summed E-state index contributed by atoms with van der Waals surface area (Å²) in [5.74, 6) is 7.16. The third-order valence-electron chi connectivity index (χ3n) is 21.1. The van der Waals surface area contributed by atoms with Crippen LogP contribution in [-0.4, -0.2) is 210 Å². The van der Waals surface area contributed by atoms with Crippen molar-refractivity contribution in [1.82, 2.24) is 41.7 Å². The third-order valence-corrected chi connectivity index (χ3v) is 21.1. The van der Waals surface area contributed by atoms with Crippen LogP contribution in [0.4, 0.5) is 0 Å². The van der Waals surface area contributed by atoms with E-state index in [1.54, 1.807) is 0 Å². The van der Waals surface area contributed by atoms with Crippen molar-refractivity contribution in [3.63, 3.8) is 0 Å². The number of hydrogen-bond acceptors (Lipinski definition) is 15. The van der Waals surface area contributed by atoms with Crippen LogP contribution in [0.25, 0.3) is 0 Å². The normalized spacial score (nSPS) is 11.1. The standard InChI is InChI=1S/2C10H22.C9H20O.2C8H19N.2C8H18.C7H17NO.C7H16O.C6H15NO.2C6H15N.C6H14.2C5H13NO.C5H12O/c1-4-5-6-7-8-9-10(2)3;1-4-6-7-8-9-10(3)5-2;1-2-3-4-5-6-7-8-9-10;1-4-9-7-5-6-8(2)3;1-4-8(3)6-7-9-5-2;1-4-5-6-7-8(2)3;1-4-6-7-8(3)5-2;1-2-3-4-5-8-6-7-9;1-2-3-4-5-6-7-8;1-3-4-7(2)5-6-8;1-4-7-5-6(2)3;1-4-6(3)7-5-2;1-4-5-6(2)3;1-3-6(2)4-5-7;1-2-3-6-4-5-7;1-2-3-4-5-6/h2*10H,4-9H2,1-3H3;10H,2-9H2,1H3;2*8-9H,4-7H2,1-3H3;2*8H,4-7H2,1-3H3;8-9H,2-7H2,1H3;8H,2-7H2,1H3;8H,3-6H2,1-2H3;2*6-7H,4-5H2,1-3H3;6H,4-5H2,1-3H3;7H,3-5H2,1-2H3;6-7H,2-5H2,1H3;6H,2-5H2,1H3. The summed E-state index contributed by atoms with van der Waals surface area (Å²) in [5.41, 5.74) is 0. The molecule has 4 atom stereocenters. The Labute approximate surface area is 821 Å². The van der Waals surface area contributed by atoms with Crippen LogP contribution < -0.4 is 31.9 Å². The van der Waals surface area contributed by atoms with E-state index >= 15 is 0 Å². The van der Waals surface area contributed by atoms with Crippen LogP contribution in [0.1, 0.15) is 537 Å². The minimum Gasteiger partial charge on any atom is -0.396 e. The summed E-state index contributed by atoms with van der Waals surface area (Å²) in [5, 5.41) is 77.7. The van der Waals surface area contributed by atoms with Gasteiger partial charge in [0.05, 0.1) is 26.4 Å². The summed E-state index contributed by atoms with van der Waals surface area (Å²) < 4.78 is 0. The summed E-state index contributed by atoms with van der Waals surface area (Å²) in [6.45, 7) is 92.9. The van der Waals surface area contributed by atoms with Gasteiger partial charge in [-0.3, -0.25) is 0 Å². The molecule has 806 valence electrons. The molecule has 0 fully saturated rings. The number of aliphatic hydroxyl groups is 7.